The quantitative estimate of drug-likeness (QED) is 0.542. The van der Waals surface area contributed by atoms with Crippen LogP contribution in [-0.4, -0.2) is 45.6 Å². The highest BCUT2D eigenvalue weighted by molar-refractivity contribution is 7.90. The van der Waals surface area contributed by atoms with Gasteiger partial charge in [0.15, 0.2) is 0 Å². The monoisotopic (exact) mass is 500 g/mol. The van der Waals surface area contributed by atoms with Crippen molar-refractivity contribution in [1.82, 2.24) is 14.6 Å². The van der Waals surface area contributed by atoms with Gasteiger partial charge in [-0.3, -0.25) is 0 Å². The molecular formula is C22H27Cl2FN4O2S. The highest BCUT2D eigenvalue weighted by Crippen LogP contribution is 2.30. The first-order chi connectivity index (χ1) is 14.5. The molecule has 174 valence electrons. The van der Waals surface area contributed by atoms with Crippen LogP contribution in [0.15, 0.2) is 65.7 Å². The Hall–Kier alpha value is -2.10. The molecule has 1 aliphatic heterocycles. The van der Waals surface area contributed by atoms with E-state index in [1.54, 1.807) is 55.7 Å². The number of piperazine rings is 1. The number of aromatic nitrogens is 1. The molecule has 4 rings (SSSR count). The lowest BCUT2D eigenvalue weighted by atomic mass is 10.1. The molecule has 0 bridgehead atoms. The van der Waals surface area contributed by atoms with Crippen LogP contribution in [0.4, 0.5) is 10.1 Å². The van der Waals surface area contributed by atoms with Gasteiger partial charge in [0.1, 0.15) is 5.82 Å². The molecule has 1 fully saturated rings. The highest BCUT2D eigenvalue weighted by Gasteiger charge is 2.24. The normalized spacial score (nSPS) is 13.9. The van der Waals surface area contributed by atoms with Crippen molar-refractivity contribution in [3.05, 3.63) is 72.2 Å². The van der Waals surface area contributed by atoms with E-state index < -0.39 is 15.8 Å². The Balaban J connectivity index is 0.00000181. The van der Waals surface area contributed by atoms with Crippen LogP contribution in [0.1, 0.15) is 5.56 Å². The smallest absolute Gasteiger partial charge is 0.268 e. The van der Waals surface area contributed by atoms with Gasteiger partial charge in [0, 0.05) is 50.2 Å². The van der Waals surface area contributed by atoms with E-state index in [-0.39, 0.29) is 35.3 Å². The Morgan fingerprint density at radius 3 is 2.44 bits per heavy atom. The number of anilines is 1. The van der Waals surface area contributed by atoms with Crippen LogP contribution < -0.4 is 15.5 Å². The molecule has 1 aromatic heterocycles. The van der Waals surface area contributed by atoms with Gasteiger partial charge >= 0.3 is 0 Å². The molecule has 0 amide bonds. The van der Waals surface area contributed by atoms with Crippen molar-refractivity contribution in [2.75, 3.05) is 38.1 Å². The molecule has 1 aliphatic rings. The Kier molecular flexibility index (Phi) is 9.12. The van der Waals surface area contributed by atoms with Crippen LogP contribution in [0, 0.1) is 5.82 Å². The molecule has 0 spiro atoms. The van der Waals surface area contributed by atoms with E-state index in [4.69, 9.17) is 0 Å². The molecule has 3 aromatic rings. The summed E-state index contributed by atoms with van der Waals surface area (Å²) in [4.78, 5) is 2.35. The number of halogens is 3. The van der Waals surface area contributed by atoms with Crippen LogP contribution in [-0.2, 0) is 16.6 Å². The molecule has 2 N–H and O–H groups in total. The second-order valence-electron chi connectivity index (χ2n) is 7.28. The first-order valence-electron chi connectivity index (χ1n) is 9.93. The maximum Gasteiger partial charge on any atom is 0.268 e. The summed E-state index contributed by atoms with van der Waals surface area (Å²) in [6.07, 6.45) is 1.56. The number of nitrogens with one attached hydrogen (secondary N) is 2. The Morgan fingerprint density at radius 2 is 1.75 bits per heavy atom. The molecule has 2 aromatic carbocycles. The van der Waals surface area contributed by atoms with E-state index in [2.05, 4.69) is 15.5 Å². The molecular weight excluding hydrogens is 474 g/mol. The van der Waals surface area contributed by atoms with Crippen LogP contribution in [0.25, 0.3) is 11.3 Å². The Bertz CT molecular complexity index is 1150. The largest absolute Gasteiger partial charge is 0.369 e. The third-order valence-corrected chi connectivity index (χ3v) is 6.90. The molecule has 10 heteroatoms. The molecule has 2 heterocycles. The molecule has 32 heavy (non-hydrogen) atoms. The highest BCUT2D eigenvalue weighted by atomic mass is 35.5. The zero-order valence-corrected chi connectivity index (χ0v) is 20.1. The van der Waals surface area contributed by atoms with E-state index >= 15 is 0 Å². The predicted octanol–water partition coefficient (Wildman–Crippen LogP) is 3.50. The molecule has 0 radical (unpaired) electrons. The van der Waals surface area contributed by atoms with Crippen LogP contribution in [0.2, 0.25) is 0 Å². The van der Waals surface area contributed by atoms with Crippen molar-refractivity contribution >= 4 is 40.5 Å². The number of hydrogen-bond acceptors (Lipinski definition) is 5. The van der Waals surface area contributed by atoms with Crippen molar-refractivity contribution in [1.29, 1.82) is 0 Å². The van der Waals surface area contributed by atoms with Gasteiger partial charge in [-0.1, -0.05) is 18.2 Å². The third kappa shape index (κ3) is 5.27. The zero-order chi connectivity index (χ0) is 21.1. The third-order valence-electron chi connectivity index (χ3n) is 5.23. The van der Waals surface area contributed by atoms with E-state index in [0.717, 1.165) is 37.4 Å². The van der Waals surface area contributed by atoms with Crippen LogP contribution >= 0.6 is 24.8 Å². The van der Waals surface area contributed by atoms with E-state index in [9.17, 15) is 12.8 Å². The van der Waals surface area contributed by atoms with E-state index in [1.165, 1.54) is 10.0 Å². The standard InChI is InChI=1S/C22H25FN4O2S.2ClH/c1-24-15-17-13-22(20-7-2-3-8-21(20)23)27(16-17)30(28,29)19-6-4-5-18(14-19)26-11-9-25-10-12-26;;/h2-8,13-14,16,24-25H,9-12,15H2,1H3;2*1H. The van der Waals surface area contributed by atoms with Gasteiger partial charge in [-0.15, -0.1) is 24.8 Å². The first kappa shape index (κ1) is 26.2. The minimum Gasteiger partial charge on any atom is -0.369 e. The minimum atomic E-state index is -3.91. The van der Waals surface area contributed by atoms with Gasteiger partial charge < -0.3 is 15.5 Å². The van der Waals surface area contributed by atoms with Gasteiger partial charge in [0.05, 0.1) is 10.6 Å². The van der Waals surface area contributed by atoms with E-state index in [1.807, 2.05) is 6.07 Å². The fourth-order valence-corrected chi connectivity index (χ4v) is 5.17. The van der Waals surface area contributed by atoms with Crippen molar-refractivity contribution in [3.8, 4) is 11.3 Å². The number of benzene rings is 2. The summed E-state index contributed by atoms with van der Waals surface area (Å²) in [6.45, 7) is 3.84. The number of rotatable bonds is 6. The summed E-state index contributed by atoms with van der Waals surface area (Å²) in [5, 5.41) is 6.31. The molecule has 6 nitrogen and oxygen atoms in total. The average Bonchev–Trinajstić information content (AvgIpc) is 3.20. The fourth-order valence-electron chi connectivity index (χ4n) is 3.74. The summed E-state index contributed by atoms with van der Waals surface area (Å²) < 4.78 is 42.9. The summed E-state index contributed by atoms with van der Waals surface area (Å²) in [5.41, 5.74) is 2.19. The second-order valence-corrected chi connectivity index (χ2v) is 9.09. The Labute approximate surface area is 200 Å². The number of hydrogen-bond donors (Lipinski definition) is 2. The van der Waals surface area contributed by atoms with Crippen molar-refractivity contribution in [3.63, 3.8) is 0 Å². The maximum atomic E-state index is 14.5. The lowest BCUT2D eigenvalue weighted by Gasteiger charge is -2.29. The lowest BCUT2D eigenvalue weighted by Crippen LogP contribution is -2.43. The van der Waals surface area contributed by atoms with Gasteiger partial charge in [0.2, 0.25) is 0 Å². The average molecular weight is 501 g/mol. The summed E-state index contributed by atoms with van der Waals surface area (Å²) in [7, 11) is -2.13. The zero-order valence-electron chi connectivity index (χ0n) is 17.6. The summed E-state index contributed by atoms with van der Waals surface area (Å²) in [6, 6.07) is 14.9. The topological polar surface area (TPSA) is 66.4 Å². The fraction of sp³-hybridized carbons (Fsp3) is 0.273. The molecule has 0 unspecified atom stereocenters. The first-order valence-corrected chi connectivity index (χ1v) is 11.4. The van der Waals surface area contributed by atoms with Crippen LogP contribution in [0.5, 0.6) is 0 Å². The van der Waals surface area contributed by atoms with Crippen LogP contribution in [0.3, 0.4) is 0 Å². The molecule has 0 atom stereocenters. The predicted molar refractivity (Wildman–Crippen MR) is 131 cm³/mol. The number of nitrogens with zero attached hydrogens (tertiary/aromatic N) is 2. The lowest BCUT2D eigenvalue weighted by molar-refractivity contribution is 0.584. The van der Waals surface area contributed by atoms with E-state index in [0.29, 0.717) is 12.2 Å². The van der Waals surface area contributed by atoms with Crippen molar-refractivity contribution in [2.24, 2.45) is 0 Å². The van der Waals surface area contributed by atoms with Gasteiger partial charge in [-0.25, -0.2) is 16.8 Å². The summed E-state index contributed by atoms with van der Waals surface area (Å²) in [5.74, 6) is -0.461. The minimum absolute atomic E-state index is 0. The maximum absolute atomic E-state index is 14.5. The van der Waals surface area contributed by atoms with Gasteiger partial charge in [-0.05, 0) is 49.0 Å². The Morgan fingerprint density at radius 1 is 1.03 bits per heavy atom. The van der Waals surface area contributed by atoms with Gasteiger partial charge in [0.25, 0.3) is 10.0 Å². The SMILES string of the molecule is CNCc1cc(-c2ccccc2F)n(S(=O)(=O)c2cccc(N3CCNCC3)c2)c1.Cl.Cl. The molecule has 0 saturated carbocycles. The molecule has 0 aliphatic carbocycles. The van der Waals surface area contributed by atoms with Crippen molar-refractivity contribution < 1.29 is 12.8 Å². The van der Waals surface area contributed by atoms with Gasteiger partial charge in [-0.2, -0.15) is 0 Å². The van der Waals surface area contributed by atoms with Crippen molar-refractivity contribution in [2.45, 2.75) is 11.4 Å². The molecule has 1 saturated heterocycles. The second kappa shape index (κ2) is 11.2. The summed E-state index contributed by atoms with van der Waals surface area (Å²) >= 11 is 0.